The first-order valence-corrected chi connectivity index (χ1v) is 8.93. The molecule has 140 valence electrons. The summed E-state index contributed by atoms with van der Waals surface area (Å²) in [6.07, 6.45) is 0. The molecule has 0 aliphatic rings. The minimum absolute atomic E-state index is 0.113. The molecule has 0 radical (unpaired) electrons. The predicted molar refractivity (Wildman–Crippen MR) is 103 cm³/mol. The second-order valence-corrected chi connectivity index (χ2v) is 6.70. The zero-order valence-electron chi connectivity index (χ0n) is 14.1. The molecule has 8 nitrogen and oxygen atoms in total. The summed E-state index contributed by atoms with van der Waals surface area (Å²) in [4.78, 5) is 24.4. The van der Waals surface area contributed by atoms with Gasteiger partial charge in [0, 0.05) is 11.6 Å². The SMILES string of the molecule is COc1cc(C(=O)Nc2cc(-c3cccs3)[nH]n2)cc(Cl)c1OCC(N)=O. The van der Waals surface area contributed by atoms with Crippen molar-refractivity contribution in [1.29, 1.82) is 0 Å². The second-order valence-electron chi connectivity index (χ2n) is 5.34. The number of hydrogen-bond donors (Lipinski definition) is 3. The van der Waals surface area contributed by atoms with Crippen molar-refractivity contribution in [1.82, 2.24) is 10.2 Å². The van der Waals surface area contributed by atoms with Crippen molar-refractivity contribution in [3.63, 3.8) is 0 Å². The Kier molecular flexibility index (Phi) is 5.63. The summed E-state index contributed by atoms with van der Waals surface area (Å²) in [7, 11) is 1.39. The van der Waals surface area contributed by atoms with Gasteiger partial charge in [0.25, 0.3) is 11.8 Å². The maximum Gasteiger partial charge on any atom is 0.257 e. The van der Waals surface area contributed by atoms with Crippen LogP contribution >= 0.6 is 22.9 Å². The molecular weight excluding hydrogens is 392 g/mol. The largest absolute Gasteiger partial charge is 0.493 e. The lowest BCUT2D eigenvalue weighted by Gasteiger charge is -2.13. The fraction of sp³-hybridized carbons (Fsp3) is 0.118. The smallest absolute Gasteiger partial charge is 0.257 e. The number of nitrogens with one attached hydrogen (secondary N) is 2. The van der Waals surface area contributed by atoms with E-state index in [1.807, 2.05) is 17.5 Å². The number of nitrogens with two attached hydrogens (primary N) is 1. The number of carbonyl (C=O) groups excluding carboxylic acids is 2. The monoisotopic (exact) mass is 406 g/mol. The molecule has 0 aliphatic heterocycles. The molecule has 0 unspecified atom stereocenters. The van der Waals surface area contributed by atoms with Crippen LogP contribution in [0, 0.1) is 0 Å². The number of anilines is 1. The zero-order valence-corrected chi connectivity index (χ0v) is 15.7. The molecule has 2 aromatic heterocycles. The number of aromatic nitrogens is 2. The molecule has 3 rings (SSSR count). The Morgan fingerprint density at radius 1 is 1.37 bits per heavy atom. The fourth-order valence-electron chi connectivity index (χ4n) is 2.27. The number of carbonyl (C=O) groups is 2. The van der Waals surface area contributed by atoms with Crippen LogP contribution in [0.25, 0.3) is 10.6 Å². The van der Waals surface area contributed by atoms with Gasteiger partial charge in [-0.1, -0.05) is 17.7 Å². The zero-order chi connectivity index (χ0) is 19.4. The van der Waals surface area contributed by atoms with Crippen LogP contribution in [0.3, 0.4) is 0 Å². The summed E-state index contributed by atoms with van der Waals surface area (Å²) in [5.74, 6) is -0.382. The van der Waals surface area contributed by atoms with Crippen molar-refractivity contribution in [2.75, 3.05) is 19.0 Å². The Morgan fingerprint density at radius 3 is 2.85 bits per heavy atom. The number of primary amides is 1. The van der Waals surface area contributed by atoms with E-state index in [4.69, 9.17) is 26.8 Å². The maximum atomic E-state index is 12.5. The summed E-state index contributed by atoms with van der Waals surface area (Å²) < 4.78 is 10.4. The first-order valence-electron chi connectivity index (χ1n) is 7.67. The highest BCUT2D eigenvalue weighted by molar-refractivity contribution is 7.13. The number of benzene rings is 1. The summed E-state index contributed by atoms with van der Waals surface area (Å²) in [5, 5.41) is 11.7. The van der Waals surface area contributed by atoms with E-state index in [-0.39, 0.29) is 28.7 Å². The number of thiophene rings is 1. The minimum atomic E-state index is -0.657. The molecule has 2 heterocycles. The third kappa shape index (κ3) is 4.39. The molecule has 2 amide bonds. The average Bonchev–Trinajstić information content (AvgIpc) is 3.31. The van der Waals surface area contributed by atoms with E-state index in [9.17, 15) is 9.59 Å². The lowest BCUT2D eigenvalue weighted by atomic mass is 10.2. The van der Waals surface area contributed by atoms with Crippen LogP contribution < -0.4 is 20.5 Å². The Bertz CT molecular complexity index is 971. The second kappa shape index (κ2) is 8.11. The number of halogens is 1. The van der Waals surface area contributed by atoms with Crippen LogP contribution in [0.1, 0.15) is 10.4 Å². The fourth-order valence-corrected chi connectivity index (χ4v) is 3.22. The number of methoxy groups -OCH3 is 1. The molecule has 0 saturated heterocycles. The van der Waals surface area contributed by atoms with Gasteiger partial charge in [-0.05, 0) is 23.6 Å². The van der Waals surface area contributed by atoms with Crippen molar-refractivity contribution in [2.45, 2.75) is 0 Å². The molecule has 0 atom stereocenters. The van der Waals surface area contributed by atoms with Crippen LogP contribution in [-0.2, 0) is 4.79 Å². The Morgan fingerprint density at radius 2 is 2.19 bits per heavy atom. The van der Waals surface area contributed by atoms with E-state index >= 15 is 0 Å². The van der Waals surface area contributed by atoms with Gasteiger partial charge in [0.05, 0.1) is 22.7 Å². The average molecular weight is 407 g/mol. The summed E-state index contributed by atoms with van der Waals surface area (Å²) >= 11 is 7.71. The predicted octanol–water partition coefficient (Wildman–Crippen LogP) is 2.92. The van der Waals surface area contributed by atoms with Crippen molar-refractivity contribution in [3.05, 3.63) is 46.3 Å². The third-order valence-electron chi connectivity index (χ3n) is 3.46. The van der Waals surface area contributed by atoms with Gasteiger partial charge in [0.2, 0.25) is 0 Å². The number of aromatic amines is 1. The Balaban J connectivity index is 1.78. The molecule has 0 saturated carbocycles. The maximum absolute atomic E-state index is 12.5. The van der Waals surface area contributed by atoms with E-state index < -0.39 is 11.8 Å². The summed E-state index contributed by atoms with van der Waals surface area (Å²) in [5.41, 5.74) is 6.10. The van der Waals surface area contributed by atoms with Gasteiger partial charge in [0.1, 0.15) is 0 Å². The van der Waals surface area contributed by atoms with Crippen LogP contribution in [0.2, 0.25) is 5.02 Å². The highest BCUT2D eigenvalue weighted by atomic mass is 35.5. The van der Waals surface area contributed by atoms with Crippen LogP contribution in [-0.4, -0.2) is 35.7 Å². The first-order chi connectivity index (χ1) is 13.0. The minimum Gasteiger partial charge on any atom is -0.493 e. The highest BCUT2D eigenvalue weighted by Gasteiger charge is 2.17. The van der Waals surface area contributed by atoms with Crippen LogP contribution in [0.15, 0.2) is 35.7 Å². The standard InChI is InChI=1S/C17H15ClN4O4S/c1-25-12-6-9(5-10(18)16(12)26-8-14(19)23)17(24)20-15-7-11(21-22-15)13-3-2-4-27-13/h2-7H,8H2,1H3,(H2,19,23)(H2,20,21,22,24). The van der Waals surface area contributed by atoms with E-state index in [1.54, 1.807) is 17.4 Å². The van der Waals surface area contributed by atoms with Crippen LogP contribution in [0.4, 0.5) is 5.82 Å². The Hall–Kier alpha value is -3.04. The quantitative estimate of drug-likeness (QED) is 0.557. The molecule has 1 aromatic carbocycles. The normalized spacial score (nSPS) is 10.4. The van der Waals surface area contributed by atoms with Gasteiger partial charge in [-0.3, -0.25) is 14.7 Å². The topological polar surface area (TPSA) is 119 Å². The number of H-pyrrole nitrogens is 1. The molecular formula is C17H15ClN4O4S. The number of rotatable bonds is 7. The first kappa shape index (κ1) is 18.7. The molecule has 0 aliphatic carbocycles. The number of amides is 2. The summed E-state index contributed by atoms with van der Waals surface area (Å²) in [6.45, 7) is -0.361. The molecule has 0 fully saturated rings. The molecule has 27 heavy (non-hydrogen) atoms. The number of nitrogens with zero attached hydrogens (tertiary/aromatic N) is 1. The Labute approximate surface area is 163 Å². The van der Waals surface area contributed by atoms with Gasteiger partial charge in [-0.2, -0.15) is 5.10 Å². The van der Waals surface area contributed by atoms with Gasteiger partial charge in [-0.25, -0.2) is 0 Å². The van der Waals surface area contributed by atoms with Crippen molar-refractivity contribution in [3.8, 4) is 22.1 Å². The molecule has 3 aromatic rings. The van der Waals surface area contributed by atoms with Gasteiger partial charge in [0.15, 0.2) is 23.9 Å². The van der Waals surface area contributed by atoms with Gasteiger partial charge >= 0.3 is 0 Å². The molecule has 0 bridgehead atoms. The van der Waals surface area contributed by atoms with Crippen molar-refractivity contribution >= 4 is 40.6 Å². The van der Waals surface area contributed by atoms with Crippen LogP contribution in [0.5, 0.6) is 11.5 Å². The third-order valence-corrected chi connectivity index (χ3v) is 4.64. The highest BCUT2D eigenvalue weighted by Crippen LogP contribution is 2.36. The van der Waals surface area contributed by atoms with E-state index in [1.165, 1.54) is 19.2 Å². The lowest BCUT2D eigenvalue weighted by molar-refractivity contribution is -0.119. The van der Waals surface area contributed by atoms with Crippen molar-refractivity contribution in [2.24, 2.45) is 5.73 Å². The number of hydrogen-bond acceptors (Lipinski definition) is 6. The summed E-state index contributed by atoms with van der Waals surface area (Å²) in [6, 6.07) is 8.45. The lowest BCUT2D eigenvalue weighted by Crippen LogP contribution is -2.20. The molecule has 0 spiro atoms. The van der Waals surface area contributed by atoms with Crippen molar-refractivity contribution < 1.29 is 19.1 Å². The molecule has 10 heteroatoms. The van der Waals surface area contributed by atoms with E-state index in [0.29, 0.717) is 5.82 Å². The van der Waals surface area contributed by atoms with E-state index in [2.05, 4.69) is 15.5 Å². The number of ether oxygens (including phenoxy) is 2. The van der Waals surface area contributed by atoms with Gasteiger partial charge in [-0.15, -0.1) is 11.3 Å². The van der Waals surface area contributed by atoms with E-state index in [0.717, 1.165) is 10.6 Å². The van der Waals surface area contributed by atoms with Gasteiger partial charge < -0.3 is 20.5 Å². The molecule has 4 N–H and O–H groups in total.